The second-order valence-electron chi connectivity index (χ2n) is 5.46. The normalized spacial score (nSPS) is 11.4. The Bertz CT molecular complexity index is 993. The van der Waals surface area contributed by atoms with E-state index in [2.05, 4.69) is 15.0 Å². The minimum Gasteiger partial charge on any atom is -0.360 e. The summed E-state index contributed by atoms with van der Waals surface area (Å²) in [6.07, 6.45) is 2.76. The first-order valence-electron chi connectivity index (χ1n) is 7.34. The first-order chi connectivity index (χ1) is 11.4. The van der Waals surface area contributed by atoms with Crippen LogP contribution >= 0.6 is 0 Å². The van der Waals surface area contributed by atoms with E-state index < -0.39 is 10.0 Å². The van der Waals surface area contributed by atoms with Crippen LogP contribution in [0.2, 0.25) is 0 Å². The molecule has 0 aliphatic carbocycles. The van der Waals surface area contributed by atoms with E-state index in [1.54, 1.807) is 30.5 Å². The van der Waals surface area contributed by atoms with E-state index >= 15 is 0 Å². The van der Waals surface area contributed by atoms with Crippen LogP contribution in [0.5, 0.6) is 0 Å². The van der Waals surface area contributed by atoms with Gasteiger partial charge < -0.3 is 10.3 Å². The third-order valence-electron chi connectivity index (χ3n) is 3.59. The lowest BCUT2D eigenvalue weighted by Gasteiger charge is -2.11. The van der Waals surface area contributed by atoms with Crippen molar-refractivity contribution in [3.8, 4) is 0 Å². The van der Waals surface area contributed by atoms with Crippen LogP contribution in [0.3, 0.4) is 0 Å². The Hall–Kier alpha value is -2.80. The lowest BCUT2D eigenvalue weighted by molar-refractivity contribution is 0.0952. The Balaban J connectivity index is 1.78. The number of benzene rings is 2. The predicted molar refractivity (Wildman–Crippen MR) is 94.4 cm³/mol. The molecule has 3 aromatic rings. The van der Waals surface area contributed by atoms with Gasteiger partial charge in [0.15, 0.2) is 0 Å². The van der Waals surface area contributed by atoms with Gasteiger partial charge in [-0.1, -0.05) is 36.4 Å². The smallest absolute Gasteiger partial charge is 0.253 e. The molecule has 0 saturated heterocycles. The van der Waals surface area contributed by atoms with Gasteiger partial charge in [0.2, 0.25) is 10.0 Å². The zero-order valence-electron chi connectivity index (χ0n) is 13.0. The van der Waals surface area contributed by atoms with E-state index in [1.165, 1.54) is 0 Å². The van der Waals surface area contributed by atoms with Crippen molar-refractivity contribution in [3.05, 3.63) is 65.9 Å². The maximum Gasteiger partial charge on any atom is 0.253 e. The lowest BCUT2D eigenvalue weighted by Crippen LogP contribution is -2.23. The number of anilines is 1. The molecule has 1 aromatic heterocycles. The molecule has 0 saturated carbocycles. The number of hydrogen-bond donors (Lipinski definition) is 3. The van der Waals surface area contributed by atoms with E-state index in [4.69, 9.17) is 0 Å². The van der Waals surface area contributed by atoms with Crippen LogP contribution in [0.4, 0.5) is 5.69 Å². The molecule has 0 aliphatic rings. The molecule has 6 nitrogen and oxygen atoms in total. The molecular weight excluding hydrogens is 326 g/mol. The number of fused-ring (bicyclic) bond motifs is 1. The van der Waals surface area contributed by atoms with E-state index in [0.717, 1.165) is 17.2 Å². The summed E-state index contributed by atoms with van der Waals surface area (Å²) in [5.74, 6) is -0.221. The Labute approximate surface area is 139 Å². The number of amides is 1. The number of rotatable bonds is 5. The molecule has 2 aromatic carbocycles. The molecule has 0 fully saturated rings. The van der Waals surface area contributed by atoms with Crippen LogP contribution in [0.25, 0.3) is 10.9 Å². The van der Waals surface area contributed by atoms with Gasteiger partial charge >= 0.3 is 0 Å². The lowest BCUT2D eigenvalue weighted by atomic mass is 10.1. The van der Waals surface area contributed by atoms with Crippen LogP contribution < -0.4 is 10.0 Å². The predicted octanol–water partition coefficient (Wildman–Crippen LogP) is 2.47. The maximum atomic E-state index is 12.4. The summed E-state index contributed by atoms with van der Waals surface area (Å²) in [6.45, 7) is 0.219. The van der Waals surface area contributed by atoms with Gasteiger partial charge in [-0.05, 0) is 17.7 Å². The fourth-order valence-electron chi connectivity index (χ4n) is 2.50. The van der Waals surface area contributed by atoms with E-state index in [-0.39, 0.29) is 12.5 Å². The molecule has 124 valence electrons. The number of para-hydroxylation sites is 2. The van der Waals surface area contributed by atoms with Crippen molar-refractivity contribution in [2.45, 2.75) is 6.54 Å². The Morgan fingerprint density at radius 1 is 1.08 bits per heavy atom. The minimum atomic E-state index is -3.38. The summed E-state index contributed by atoms with van der Waals surface area (Å²) in [7, 11) is -3.38. The Morgan fingerprint density at radius 2 is 1.79 bits per heavy atom. The number of aromatic amines is 1. The zero-order chi connectivity index (χ0) is 17.2. The van der Waals surface area contributed by atoms with Crippen LogP contribution in [-0.2, 0) is 16.6 Å². The van der Waals surface area contributed by atoms with Crippen LogP contribution in [0.1, 0.15) is 15.9 Å². The van der Waals surface area contributed by atoms with Gasteiger partial charge in [-0.15, -0.1) is 0 Å². The number of aromatic nitrogens is 1. The minimum absolute atomic E-state index is 0.219. The second-order valence-corrected chi connectivity index (χ2v) is 7.21. The third-order valence-corrected chi connectivity index (χ3v) is 4.18. The highest BCUT2D eigenvalue weighted by Crippen LogP contribution is 2.19. The highest BCUT2D eigenvalue weighted by molar-refractivity contribution is 7.92. The molecule has 0 atom stereocenters. The summed E-state index contributed by atoms with van der Waals surface area (Å²) in [5, 5.41) is 3.67. The van der Waals surface area contributed by atoms with Crippen LogP contribution in [0, 0.1) is 0 Å². The summed E-state index contributed by atoms with van der Waals surface area (Å²) in [4.78, 5) is 15.5. The average molecular weight is 343 g/mol. The fraction of sp³-hybridized carbons (Fsp3) is 0.118. The largest absolute Gasteiger partial charge is 0.360 e. The standard InChI is InChI=1S/C17H17N3O3S/c1-24(22,23)20-15-8-4-2-6-12(15)10-19-17(21)14-11-18-16-9-5-3-7-13(14)16/h2-9,11,18,20H,10H2,1H3,(H,19,21). The molecule has 3 rings (SSSR count). The van der Waals surface area contributed by atoms with E-state index in [1.807, 2.05) is 24.3 Å². The molecule has 0 unspecified atom stereocenters. The monoisotopic (exact) mass is 343 g/mol. The van der Waals surface area contributed by atoms with Crippen molar-refractivity contribution >= 4 is 32.5 Å². The topological polar surface area (TPSA) is 91.1 Å². The molecule has 7 heteroatoms. The van der Waals surface area contributed by atoms with Gasteiger partial charge in [-0.2, -0.15) is 0 Å². The van der Waals surface area contributed by atoms with Crippen molar-refractivity contribution in [2.24, 2.45) is 0 Å². The summed E-state index contributed by atoms with van der Waals surface area (Å²) in [6, 6.07) is 14.5. The number of carbonyl (C=O) groups is 1. The molecule has 3 N–H and O–H groups in total. The van der Waals surface area contributed by atoms with Crippen molar-refractivity contribution < 1.29 is 13.2 Å². The Morgan fingerprint density at radius 3 is 2.58 bits per heavy atom. The summed E-state index contributed by atoms with van der Waals surface area (Å²) >= 11 is 0. The maximum absolute atomic E-state index is 12.4. The zero-order valence-corrected chi connectivity index (χ0v) is 13.9. The second kappa shape index (κ2) is 6.37. The molecule has 1 amide bonds. The highest BCUT2D eigenvalue weighted by Gasteiger charge is 2.13. The number of nitrogens with one attached hydrogen (secondary N) is 3. The average Bonchev–Trinajstić information content (AvgIpc) is 2.96. The van der Waals surface area contributed by atoms with Gasteiger partial charge in [0.05, 0.1) is 17.5 Å². The Kier molecular flexibility index (Phi) is 4.26. The SMILES string of the molecule is CS(=O)(=O)Nc1ccccc1CNC(=O)c1c[nH]c2ccccc12. The first kappa shape index (κ1) is 16.1. The molecule has 1 heterocycles. The van der Waals surface area contributed by atoms with Gasteiger partial charge in [0.1, 0.15) is 0 Å². The van der Waals surface area contributed by atoms with Crippen molar-refractivity contribution in [1.29, 1.82) is 0 Å². The molecular formula is C17H17N3O3S. The number of H-pyrrole nitrogens is 1. The van der Waals surface area contributed by atoms with E-state index in [9.17, 15) is 13.2 Å². The number of sulfonamides is 1. The third kappa shape index (κ3) is 3.57. The van der Waals surface area contributed by atoms with Gasteiger partial charge in [0, 0.05) is 23.6 Å². The van der Waals surface area contributed by atoms with Gasteiger partial charge in [0.25, 0.3) is 5.91 Å². The molecule has 0 spiro atoms. The quantitative estimate of drug-likeness (QED) is 0.664. The fourth-order valence-corrected chi connectivity index (χ4v) is 3.10. The van der Waals surface area contributed by atoms with Crippen molar-refractivity contribution in [2.75, 3.05) is 11.0 Å². The molecule has 0 aliphatic heterocycles. The number of hydrogen-bond acceptors (Lipinski definition) is 3. The summed E-state index contributed by atoms with van der Waals surface area (Å²) in [5.41, 5.74) is 2.59. The van der Waals surface area contributed by atoms with Crippen molar-refractivity contribution in [1.82, 2.24) is 10.3 Å². The van der Waals surface area contributed by atoms with Gasteiger partial charge in [-0.3, -0.25) is 9.52 Å². The van der Waals surface area contributed by atoms with E-state index in [0.29, 0.717) is 16.8 Å². The molecule has 0 bridgehead atoms. The first-order valence-corrected chi connectivity index (χ1v) is 9.23. The van der Waals surface area contributed by atoms with Crippen LogP contribution in [0.15, 0.2) is 54.7 Å². The van der Waals surface area contributed by atoms with Crippen molar-refractivity contribution in [3.63, 3.8) is 0 Å². The molecule has 0 radical (unpaired) electrons. The molecule has 24 heavy (non-hydrogen) atoms. The summed E-state index contributed by atoms with van der Waals surface area (Å²) < 4.78 is 25.3. The van der Waals surface area contributed by atoms with Crippen LogP contribution in [-0.4, -0.2) is 25.6 Å². The number of carbonyl (C=O) groups excluding carboxylic acids is 1. The van der Waals surface area contributed by atoms with Gasteiger partial charge in [-0.25, -0.2) is 8.42 Å². The highest BCUT2D eigenvalue weighted by atomic mass is 32.2.